The largest absolute Gasteiger partial charge is 0.457 e. The predicted octanol–water partition coefficient (Wildman–Crippen LogP) is 8.23. The van der Waals surface area contributed by atoms with Gasteiger partial charge < -0.3 is 4.74 Å². The maximum Gasteiger partial charge on any atom is 0.223 e. The molecule has 6 heteroatoms. The van der Waals surface area contributed by atoms with E-state index in [-0.39, 0.29) is 0 Å². The van der Waals surface area contributed by atoms with Crippen molar-refractivity contribution in [2.45, 2.75) is 0 Å². The molecule has 0 saturated heterocycles. The van der Waals surface area contributed by atoms with E-state index < -0.39 is 0 Å². The Morgan fingerprint density at radius 1 is 0.425 bits per heavy atom. The summed E-state index contributed by atoms with van der Waals surface area (Å²) in [5, 5.41) is 4.72. The maximum atomic E-state index is 6.43. The van der Waals surface area contributed by atoms with Gasteiger partial charge in [0.25, 0.3) is 0 Å². The van der Waals surface area contributed by atoms with E-state index in [0.29, 0.717) is 0 Å². The van der Waals surface area contributed by atoms with Crippen molar-refractivity contribution in [2.75, 3.05) is 0 Å². The third-order valence-electron chi connectivity index (χ3n) is 8.14. The number of ether oxygens (including phenoxy) is 1. The van der Waals surface area contributed by atoms with Crippen molar-refractivity contribution in [2.24, 2.45) is 0 Å². The van der Waals surface area contributed by atoms with E-state index in [9.17, 15) is 0 Å². The van der Waals surface area contributed by atoms with Crippen LogP contribution in [0.15, 0.2) is 115 Å². The average Bonchev–Trinajstić information content (AvgIpc) is 3.70. The van der Waals surface area contributed by atoms with E-state index >= 15 is 0 Å². The molecule has 0 saturated carbocycles. The Morgan fingerprint density at radius 2 is 0.900 bits per heavy atom. The molecule has 10 aromatic rings. The molecule has 0 amide bonds. The van der Waals surface area contributed by atoms with Crippen LogP contribution in [0.2, 0.25) is 0 Å². The molecule has 0 radical (unpaired) electrons. The normalized spacial score (nSPS) is 12.5. The molecular weight excluding hydrogens is 494 g/mol. The van der Waals surface area contributed by atoms with Crippen LogP contribution in [0.25, 0.3) is 71.7 Å². The maximum absolute atomic E-state index is 6.43. The van der Waals surface area contributed by atoms with Crippen molar-refractivity contribution >= 4 is 71.7 Å². The van der Waals surface area contributed by atoms with Crippen LogP contribution in [0.4, 0.5) is 0 Å². The first-order chi connectivity index (χ1) is 19.8. The Bertz CT molecular complexity index is 2470. The molecule has 0 aliphatic carbocycles. The minimum atomic E-state index is 0.769. The molecule has 186 valence electrons. The molecule has 0 bridgehead atoms. The number of hydrogen-bond acceptors (Lipinski definition) is 3. The van der Waals surface area contributed by atoms with Gasteiger partial charge in [0.15, 0.2) is 0 Å². The Hall–Kier alpha value is -5.62. The highest BCUT2D eigenvalue weighted by Gasteiger charge is 2.25. The first-order valence-electron chi connectivity index (χ1n) is 13.3. The van der Waals surface area contributed by atoms with Gasteiger partial charge in [0.05, 0.1) is 33.1 Å². The molecule has 40 heavy (non-hydrogen) atoms. The second-order valence-corrected chi connectivity index (χ2v) is 10.4. The summed E-state index contributed by atoms with van der Waals surface area (Å²) in [6.07, 6.45) is 0. The molecule has 10 rings (SSSR count). The van der Waals surface area contributed by atoms with Gasteiger partial charge in [-0.3, -0.25) is 8.80 Å². The van der Waals surface area contributed by atoms with Crippen LogP contribution in [0.1, 0.15) is 0 Å². The van der Waals surface area contributed by atoms with Gasteiger partial charge in [0.2, 0.25) is 11.6 Å². The van der Waals surface area contributed by atoms with Crippen LogP contribution < -0.4 is 4.74 Å². The summed E-state index contributed by atoms with van der Waals surface area (Å²) in [5.74, 6) is 3.26. The molecule has 0 aliphatic rings. The summed E-state index contributed by atoms with van der Waals surface area (Å²) in [7, 11) is 0. The number of fused-ring (bicyclic) bond motifs is 12. The lowest BCUT2D eigenvalue weighted by molar-refractivity contribution is 0.484. The van der Waals surface area contributed by atoms with Crippen molar-refractivity contribution in [1.29, 1.82) is 0 Å². The Morgan fingerprint density at radius 3 is 1.43 bits per heavy atom. The number of rotatable bonds is 2. The van der Waals surface area contributed by atoms with Gasteiger partial charge in [-0.15, -0.1) is 0 Å². The van der Waals surface area contributed by atoms with Crippen LogP contribution in [-0.2, 0) is 0 Å². The number of imidazole rings is 4. The van der Waals surface area contributed by atoms with Gasteiger partial charge >= 0.3 is 0 Å². The van der Waals surface area contributed by atoms with Gasteiger partial charge in [-0.25, -0.2) is 14.4 Å². The predicted molar refractivity (Wildman–Crippen MR) is 160 cm³/mol. The lowest BCUT2D eigenvalue weighted by Gasteiger charge is -2.07. The van der Waals surface area contributed by atoms with Gasteiger partial charge in [0, 0.05) is 12.1 Å². The Labute approximate surface area is 226 Å². The fourth-order valence-electron chi connectivity index (χ4n) is 6.40. The molecule has 6 nitrogen and oxygen atoms in total. The van der Waals surface area contributed by atoms with Crippen LogP contribution in [0.3, 0.4) is 0 Å². The first-order valence-corrected chi connectivity index (χ1v) is 13.3. The van der Waals surface area contributed by atoms with Gasteiger partial charge in [-0.2, -0.15) is 0 Å². The molecule has 0 fully saturated rings. The minimum absolute atomic E-state index is 0.769. The van der Waals surface area contributed by atoms with Crippen LogP contribution >= 0.6 is 0 Å². The molecular formula is C34H19N5O. The minimum Gasteiger partial charge on any atom is -0.457 e. The quantitative estimate of drug-likeness (QED) is 0.234. The number of para-hydroxylation sites is 1. The van der Waals surface area contributed by atoms with Gasteiger partial charge in [-0.1, -0.05) is 66.7 Å². The summed E-state index contributed by atoms with van der Waals surface area (Å²) < 4.78 is 13.1. The van der Waals surface area contributed by atoms with Crippen molar-refractivity contribution in [3.63, 3.8) is 0 Å². The number of aromatic nitrogens is 5. The molecule has 0 N–H and O–H groups in total. The SMILES string of the molecule is c1ccc(Oc2cc3c4c(c2)n2c5cc6ccccc6cc5nc2n4c2nc4cc5ccccc5cc4n32)cc1. The van der Waals surface area contributed by atoms with Crippen molar-refractivity contribution in [3.8, 4) is 11.5 Å². The van der Waals surface area contributed by atoms with E-state index in [1.165, 1.54) is 21.5 Å². The van der Waals surface area contributed by atoms with Gasteiger partial charge in [0.1, 0.15) is 17.0 Å². The standard InChI is InChI=1S/C34H19N5O/c1-2-12-24(13-3-1)40-25-18-30-32-31(19-25)38-29-17-23-11-7-5-9-21(23)15-27(29)36-34(38)39(32)33-35-26-14-20-8-4-6-10-22(20)16-28(26)37(30)33/h1-19H. The first kappa shape index (κ1) is 20.4. The Kier molecular flexibility index (Phi) is 3.60. The third kappa shape index (κ3) is 2.52. The second kappa shape index (κ2) is 7.07. The topological polar surface area (TPSA) is 48.2 Å². The molecule has 0 atom stereocenters. The molecule has 4 heterocycles. The van der Waals surface area contributed by atoms with E-state index in [1.54, 1.807) is 0 Å². The fourth-order valence-corrected chi connectivity index (χ4v) is 6.40. The van der Waals surface area contributed by atoms with Crippen molar-refractivity contribution in [3.05, 3.63) is 115 Å². The highest BCUT2D eigenvalue weighted by molar-refractivity contribution is 6.07. The zero-order valence-corrected chi connectivity index (χ0v) is 21.1. The molecule has 0 spiro atoms. The average molecular weight is 514 g/mol. The second-order valence-electron chi connectivity index (χ2n) is 10.4. The lowest BCUT2D eigenvalue weighted by atomic mass is 10.1. The third-order valence-corrected chi connectivity index (χ3v) is 8.14. The van der Waals surface area contributed by atoms with E-state index in [4.69, 9.17) is 14.7 Å². The van der Waals surface area contributed by atoms with Crippen LogP contribution in [-0.4, -0.2) is 23.2 Å². The molecule has 0 unspecified atom stereocenters. The summed E-state index contributed by atoms with van der Waals surface area (Å²) in [6, 6.07) is 39.9. The van der Waals surface area contributed by atoms with Crippen molar-refractivity contribution < 1.29 is 4.74 Å². The highest BCUT2D eigenvalue weighted by atomic mass is 16.5. The fraction of sp³-hybridized carbons (Fsp3) is 0. The van der Waals surface area contributed by atoms with E-state index in [0.717, 1.165) is 61.7 Å². The van der Waals surface area contributed by atoms with Crippen molar-refractivity contribution in [1.82, 2.24) is 23.2 Å². The van der Waals surface area contributed by atoms with Gasteiger partial charge in [-0.05, 0) is 57.9 Å². The highest BCUT2D eigenvalue weighted by Crippen LogP contribution is 2.39. The Balaban J connectivity index is 1.41. The number of hydrogen-bond donors (Lipinski definition) is 0. The van der Waals surface area contributed by atoms with Crippen LogP contribution in [0.5, 0.6) is 11.5 Å². The smallest absolute Gasteiger partial charge is 0.223 e. The number of benzene rings is 6. The van der Waals surface area contributed by atoms with E-state index in [1.807, 2.05) is 30.3 Å². The molecule has 4 aromatic heterocycles. The van der Waals surface area contributed by atoms with Crippen LogP contribution in [0, 0.1) is 0 Å². The lowest BCUT2D eigenvalue weighted by Crippen LogP contribution is -1.89. The zero-order chi connectivity index (χ0) is 25.9. The molecule has 0 aliphatic heterocycles. The summed E-state index contributed by atoms with van der Waals surface area (Å²) >= 11 is 0. The number of nitrogens with zero attached hydrogens (tertiary/aromatic N) is 5. The molecule has 6 aromatic carbocycles. The zero-order valence-electron chi connectivity index (χ0n) is 21.1. The van der Waals surface area contributed by atoms with E-state index in [2.05, 4.69) is 98.1 Å². The summed E-state index contributed by atoms with van der Waals surface area (Å²) in [6.45, 7) is 0. The summed E-state index contributed by atoms with van der Waals surface area (Å²) in [5.41, 5.74) is 7.19. The summed E-state index contributed by atoms with van der Waals surface area (Å²) in [4.78, 5) is 10.4. The monoisotopic (exact) mass is 513 g/mol.